The van der Waals surface area contributed by atoms with E-state index in [-0.39, 0.29) is 22.6 Å². The molecule has 0 bridgehead atoms. The highest BCUT2D eigenvalue weighted by molar-refractivity contribution is 7.80. The van der Waals surface area contributed by atoms with Crippen molar-refractivity contribution in [2.75, 3.05) is 11.9 Å². The van der Waals surface area contributed by atoms with Crippen molar-refractivity contribution >= 4 is 28.8 Å². The van der Waals surface area contributed by atoms with Crippen LogP contribution in [0.15, 0.2) is 24.3 Å². The lowest BCUT2D eigenvalue weighted by molar-refractivity contribution is -0.121. The highest BCUT2D eigenvalue weighted by Crippen LogP contribution is 2.22. The number of rotatable bonds is 4. The molecular formula is C13H18N2O2S. The number of carbonyl (C=O) groups excluding carboxylic acids is 1. The number of hydrogen-bond donors (Lipinski definition) is 2. The summed E-state index contributed by atoms with van der Waals surface area (Å²) in [4.78, 5) is 14.0. The Morgan fingerprint density at radius 1 is 1.44 bits per heavy atom. The lowest BCUT2D eigenvalue weighted by Gasteiger charge is -2.25. The molecule has 98 valence electrons. The monoisotopic (exact) mass is 266 g/mol. The first-order valence-corrected chi connectivity index (χ1v) is 6.11. The maximum absolute atomic E-state index is 12.3. The van der Waals surface area contributed by atoms with Gasteiger partial charge < -0.3 is 15.7 Å². The third kappa shape index (κ3) is 3.20. The topological polar surface area (TPSA) is 66.6 Å². The van der Waals surface area contributed by atoms with Crippen LogP contribution in [0.4, 0.5) is 5.69 Å². The van der Waals surface area contributed by atoms with Gasteiger partial charge >= 0.3 is 0 Å². The lowest BCUT2D eigenvalue weighted by Crippen LogP contribution is -2.41. The molecule has 1 amide bonds. The van der Waals surface area contributed by atoms with Crippen LogP contribution in [-0.4, -0.2) is 23.0 Å². The Morgan fingerprint density at radius 3 is 2.50 bits per heavy atom. The Morgan fingerprint density at radius 2 is 2.06 bits per heavy atom. The van der Waals surface area contributed by atoms with Crippen LogP contribution < -0.4 is 10.6 Å². The summed E-state index contributed by atoms with van der Waals surface area (Å²) in [5, 5.41) is 9.41. The van der Waals surface area contributed by atoms with E-state index in [9.17, 15) is 9.90 Å². The summed E-state index contributed by atoms with van der Waals surface area (Å²) in [6, 6.07) is 6.50. The van der Waals surface area contributed by atoms with Gasteiger partial charge in [0.25, 0.3) is 0 Å². The number of phenols is 1. The molecule has 1 rings (SSSR count). The molecule has 0 saturated heterocycles. The fourth-order valence-corrected chi connectivity index (χ4v) is 2.15. The smallest absolute Gasteiger partial charge is 0.236 e. The second-order valence-electron chi connectivity index (χ2n) is 4.54. The normalized spacial score (nSPS) is 12.2. The summed E-state index contributed by atoms with van der Waals surface area (Å²) < 4.78 is 0. The summed E-state index contributed by atoms with van der Waals surface area (Å²) >= 11 is 4.95. The number of hydrogen-bond acceptors (Lipinski definition) is 3. The van der Waals surface area contributed by atoms with Gasteiger partial charge in [-0.05, 0) is 18.1 Å². The fraction of sp³-hybridized carbons (Fsp3) is 0.385. The van der Waals surface area contributed by atoms with Crippen LogP contribution in [0, 0.1) is 11.8 Å². The summed E-state index contributed by atoms with van der Waals surface area (Å²) in [7, 11) is 1.64. The molecule has 18 heavy (non-hydrogen) atoms. The van der Waals surface area contributed by atoms with Crippen molar-refractivity contribution < 1.29 is 9.90 Å². The largest absolute Gasteiger partial charge is 0.508 e. The summed E-state index contributed by atoms with van der Waals surface area (Å²) in [6.45, 7) is 3.80. The number of nitrogens with two attached hydrogens (primary N) is 1. The van der Waals surface area contributed by atoms with E-state index in [1.807, 2.05) is 13.8 Å². The number of amides is 1. The molecule has 0 radical (unpaired) electrons. The van der Waals surface area contributed by atoms with Crippen LogP contribution in [0.2, 0.25) is 0 Å². The number of thiocarbonyl (C=S) groups is 1. The lowest BCUT2D eigenvalue weighted by atomic mass is 9.94. The van der Waals surface area contributed by atoms with Crippen molar-refractivity contribution in [3.63, 3.8) is 0 Å². The average Bonchev–Trinajstić information content (AvgIpc) is 2.26. The molecule has 1 atom stereocenters. The summed E-state index contributed by atoms with van der Waals surface area (Å²) in [6.07, 6.45) is 0. The van der Waals surface area contributed by atoms with E-state index in [0.717, 1.165) is 0 Å². The van der Waals surface area contributed by atoms with Crippen molar-refractivity contribution in [1.29, 1.82) is 0 Å². The minimum absolute atomic E-state index is 0.0368. The van der Waals surface area contributed by atoms with Crippen molar-refractivity contribution in [1.82, 2.24) is 0 Å². The van der Waals surface area contributed by atoms with Gasteiger partial charge in [0.1, 0.15) is 5.75 Å². The van der Waals surface area contributed by atoms with Crippen molar-refractivity contribution in [3.8, 4) is 5.75 Å². The van der Waals surface area contributed by atoms with E-state index in [1.165, 1.54) is 11.0 Å². The number of benzene rings is 1. The molecule has 1 aromatic carbocycles. The highest BCUT2D eigenvalue weighted by atomic mass is 32.1. The number of aromatic hydroxyl groups is 1. The van der Waals surface area contributed by atoms with Crippen LogP contribution in [-0.2, 0) is 4.79 Å². The maximum atomic E-state index is 12.3. The highest BCUT2D eigenvalue weighted by Gasteiger charge is 2.28. The maximum Gasteiger partial charge on any atom is 0.236 e. The predicted molar refractivity (Wildman–Crippen MR) is 76.6 cm³/mol. The van der Waals surface area contributed by atoms with Crippen LogP contribution in [0.5, 0.6) is 5.75 Å². The Bertz CT molecular complexity index is 460. The van der Waals surface area contributed by atoms with Crippen LogP contribution in [0.3, 0.4) is 0 Å². The predicted octanol–water partition coefficient (Wildman–Crippen LogP) is 1.91. The number of anilines is 1. The molecule has 5 heteroatoms. The standard InChI is InChI=1S/C13H18N2O2S/c1-8(2)11(12(14)18)13(17)15(3)9-5-4-6-10(16)7-9/h4-8,11,16H,1-3H3,(H2,14,18). The van der Waals surface area contributed by atoms with E-state index in [1.54, 1.807) is 25.2 Å². The van der Waals surface area contributed by atoms with Crippen molar-refractivity contribution in [2.24, 2.45) is 17.6 Å². The summed E-state index contributed by atoms with van der Waals surface area (Å²) in [5.41, 5.74) is 6.23. The number of nitrogens with zero attached hydrogens (tertiary/aromatic N) is 1. The number of carbonyl (C=O) groups is 1. The zero-order valence-electron chi connectivity index (χ0n) is 10.8. The Balaban J connectivity index is 2.99. The van der Waals surface area contributed by atoms with Crippen molar-refractivity contribution in [2.45, 2.75) is 13.8 Å². The quantitative estimate of drug-likeness (QED) is 0.817. The first kappa shape index (κ1) is 14.4. The van der Waals surface area contributed by atoms with E-state index in [2.05, 4.69) is 0 Å². The van der Waals surface area contributed by atoms with Gasteiger partial charge in [-0.15, -0.1) is 0 Å². The van der Waals surface area contributed by atoms with Gasteiger partial charge in [-0.1, -0.05) is 32.1 Å². The van der Waals surface area contributed by atoms with E-state index >= 15 is 0 Å². The van der Waals surface area contributed by atoms with E-state index in [4.69, 9.17) is 18.0 Å². The zero-order chi connectivity index (χ0) is 13.9. The summed E-state index contributed by atoms with van der Waals surface area (Å²) in [5.74, 6) is -0.506. The molecule has 0 aliphatic rings. The molecule has 1 aromatic rings. The molecule has 3 N–H and O–H groups in total. The molecule has 0 aliphatic heterocycles. The van der Waals surface area contributed by atoms with Crippen LogP contribution in [0.1, 0.15) is 13.8 Å². The van der Waals surface area contributed by atoms with E-state index in [0.29, 0.717) is 5.69 Å². The minimum Gasteiger partial charge on any atom is -0.508 e. The Kier molecular flexibility index (Phi) is 4.67. The number of phenolic OH excluding ortho intramolecular Hbond substituents is 1. The molecule has 0 saturated carbocycles. The van der Waals surface area contributed by atoms with Gasteiger partial charge in [-0.2, -0.15) is 0 Å². The van der Waals surface area contributed by atoms with Gasteiger partial charge in [0, 0.05) is 18.8 Å². The SMILES string of the molecule is CC(C)C(C(=O)N(C)c1cccc(O)c1)C(N)=S. The second kappa shape index (κ2) is 5.82. The van der Waals surface area contributed by atoms with Gasteiger partial charge in [-0.3, -0.25) is 4.79 Å². The van der Waals surface area contributed by atoms with E-state index < -0.39 is 5.92 Å². The minimum atomic E-state index is -0.493. The molecule has 0 heterocycles. The molecular weight excluding hydrogens is 248 g/mol. The third-order valence-corrected chi connectivity index (χ3v) is 3.04. The fourth-order valence-electron chi connectivity index (χ4n) is 1.77. The first-order chi connectivity index (χ1) is 8.34. The molecule has 4 nitrogen and oxygen atoms in total. The van der Waals surface area contributed by atoms with Crippen LogP contribution >= 0.6 is 12.2 Å². The van der Waals surface area contributed by atoms with Crippen LogP contribution in [0.25, 0.3) is 0 Å². The van der Waals surface area contributed by atoms with Crippen molar-refractivity contribution in [3.05, 3.63) is 24.3 Å². The second-order valence-corrected chi connectivity index (χ2v) is 5.01. The third-order valence-electron chi connectivity index (χ3n) is 2.79. The van der Waals surface area contributed by atoms with Gasteiger partial charge in [-0.25, -0.2) is 0 Å². The molecule has 0 aromatic heterocycles. The Hall–Kier alpha value is -1.62. The molecule has 0 aliphatic carbocycles. The molecule has 1 unspecified atom stereocenters. The average molecular weight is 266 g/mol. The Labute approximate surface area is 112 Å². The van der Waals surface area contributed by atoms with Gasteiger partial charge in [0.15, 0.2) is 0 Å². The molecule has 0 spiro atoms. The van der Waals surface area contributed by atoms with Gasteiger partial charge in [0.2, 0.25) is 5.91 Å². The zero-order valence-corrected chi connectivity index (χ0v) is 11.6. The molecule has 0 fully saturated rings. The first-order valence-electron chi connectivity index (χ1n) is 5.70. The van der Waals surface area contributed by atoms with Gasteiger partial charge in [0.05, 0.1) is 10.9 Å².